The minimum absolute atomic E-state index is 0.0112. The molecule has 1 aliphatic heterocycles. The van der Waals surface area contributed by atoms with Gasteiger partial charge in [-0.3, -0.25) is 9.59 Å². The maximum Gasteiger partial charge on any atom is 0.407 e. The van der Waals surface area contributed by atoms with E-state index in [0.29, 0.717) is 25.9 Å². The van der Waals surface area contributed by atoms with Crippen molar-refractivity contribution in [2.45, 2.75) is 25.7 Å². The number of carbonyl (C=O) groups excluding carboxylic acids is 2. The molecule has 2 N–H and O–H groups in total. The summed E-state index contributed by atoms with van der Waals surface area (Å²) >= 11 is 0. The highest BCUT2D eigenvalue weighted by Crippen LogP contribution is 2.44. The number of nitrogens with one attached hydrogen (secondary N) is 1. The second-order valence-electron chi connectivity index (χ2n) is 9.80. The molecule has 0 bridgehead atoms. The fraction of sp³-hybridized carbons (Fsp3) is 0.444. The summed E-state index contributed by atoms with van der Waals surface area (Å²) < 4.78 is 5.57. The summed E-state index contributed by atoms with van der Waals surface area (Å²) in [5.41, 5.74) is 4.70. The molecule has 0 spiro atoms. The third kappa shape index (κ3) is 4.27. The minimum atomic E-state index is -0.839. The minimum Gasteiger partial charge on any atom is -0.481 e. The number of likely N-dealkylation sites (tertiary alicyclic amines) is 1. The van der Waals surface area contributed by atoms with E-state index in [-0.39, 0.29) is 42.7 Å². The van der Waals surface area contributed by atoms with Gasteiger partial charge in [0.05, 0.1) is 5.92 Å². The van der Waals surface area contributed by atoms with Crippen molar-refractivity contribution >= 4 is 18.0 Å². The highest BCUT2D eigenvalue weighted by Gasteiger charge is 2.46. The van der Waals surface area contributed by atoms with Crippen molar-refractivity contribution in [3.05, 3.63) is 59.7 Å². The van der Waals surface area contributed by atoms with Crippen LogP contribution in [0.5, 0.6) is 0 Å². The third-order valence-corrected chi connectivity index (χ3v) is 7.68. The molecule has 1 saturated carbocycles. The Balaban J connectivity index is 1.10. The van der Waals surface area contributed by atoms with Gasteiger partial charge in [-0.25, -0.2) is 4.79 Å². The molecule has 4 atom stereocenters. The average molecular weight is 463 g/mol. The van der Waals surface area contributed by atoms with E-state index in [1.54, 1.807) is 4.90 Å². The van der Waals surface area contributed by atoms with Gasteiger partial charge in [0.15, 0.2) is 0 Å². The van der Waals surface area contributed by atoms with Crippen molar-refractivity contribution < 1.29 is 24.2 Å². The summed E-state index contributed by atoms with van der Waals surface area (Å²) in [6.45, 7) is 3.46. The van der Waals surface area contributed by atoms with Crippen molar-refractivity contribution in [3.63, 3.8) is 0 Å². The number of amides is 2. The number of carboxylic acid groups (broad SMARTS) is 1. The molecule has 2 aromatic rings. The van der Waals surface area contributed by atoms with Gasteiger partial charge >= 0.3 is 12.1 Å². The van der Waals surface area contributed by atoms with Gasteiger partial charge < -0.3 is 20.1 Å². The van der Waals surface area contributed by atoms with E-state index >= 15 is 0 Å². The molecule has 1 saturated heterocycles. The van der Waals surface area contributed by atoms with Crippen LogP contribution in [0.15, 0.2) is 48.5 Å². The van der Waals surface area contributed by atoms with Crippen molar-refractivity contribution in [3.8, 4) is 11.1 Å². The number of piperidine rings is 1. The monoisotopic (exact) mass is 462 g/mol. The van der Waals surface area contributed by atoms with Gasteiger partial charge in [0, 0.05) is 31.5 Å². The number of benzene rings is 2. The van der Waals surface area contributed by atoms with Gasteiger partial charge in [-0.05, 0) is 46.9 Å². The second-order valence-corrected chi connectivity index (χ2v) is 9.80. The van der Waals surface area contributed by atoms with Crippen LogP contribution in [0, 0.1) is 23.7 Å². The van der Waals surface area contributed by atoms with Crippen LogP contribution in [0.1, 0.15) is 36.8 Å². The molecule has 0 aromatic heterocycles. The number of nitrogens with zero attached hydrogens (tertiary/aromatic N) is 1. The van der Waals surface area contributed by atoms with Crippen molar-refractivity contribution in [1.29, 1.82) is 0 Å². The number of carboxylic acids is 1. The van der Waals surface area contributed by atoms with E-state index < -0.39 is 18.0 Å². The molecule has 7 heteroatoms. The lowest BCUT2D eigenvalue weighted by molar-refractivity contribution is -0.148. The molecular formula is C27H30N2O5. The van der Waals surface area contributed by atoms with Gasteiger partial charge in [0.2, 0.25) is 5.91 Å². The van der Waals surface area contributed by atoms with Gasteiger partial charge in [-0.2, -0.15) is 0 Å². The lowest BCUT2D eigenvalue weighted by atomic mass is 9.87. The lowest BCUT2D eigenvalue weighted by Gasteiger charge is -2.35. The molecular weight excluding hydrogens is 432 g/mol. The topological polar surface area (TPSA) is 95.9 Å². The van der Waals surface area contributed by atoms with E-state index in [2.05, 4.69) is 29.6 Å². The molecule has 178 valence electrons. The van der Waals surface area contributed by atoms with Gasteiger partial charge in [0.1, 0.15) is 6.61 Å². The van der Waals surface area contributed by atoms with Crippen LogP contribution >= 0.6 is 0 Å². The van der Waals surface area contributed by atoms with Crippen molar-refractivity contribution in [1.82, 2.24) is 10.2 Å². The van der Waals surface area contributed by atoms with E-state index in [1.165, 1.54) is 22.3 Å². The van der Waals surface area contributed by atoms with Crippen LogP contribution in [-0.4, -0.2) is 54.2 Å². The summed E-state index contributed by atoms with van der Waals surface area (Å²) in [6.07, 6.45) is 0.947. The van der Waals surface area contributed by atoms with Crippen LogP contribution < -0.4 is 5.32 Å². The number of fused-ring (bicyclic) bond motifs is 3. The standard InChI is InChI=1S/C27H30N2O5/c1-16-10-11-29(14-23(16)26(31)32)25(30)22-12-17(22)13-28-27(33)34-15-24-20-8-4-2-6-18(20)19-7-3-5-9-21(19)24/h2-9,16-17,22-24H,10-15H2,1H3,(H,28,33)(H,31,32)/t16?,17-,22-,23?/m1/s1. The van der Waals surface area contributed by atoms with Crippen LogP contribution in [0.3, 0.4) is 0 Å². The number of alkyl carbamates (subject to hydrolysis) is 1. The number of carbonyl (C=O) groups is 3. The molecule has 2 unspecified atom stereocenters. The molecule has 0 radical (unpaired) electrons. The van der Waals surface area contributed by atoms with E-state index in [9.17, 15) is 19.5 Å². The first-order chi connectivity index (χ1) is 16.4. The number of aliphatic carboxylic acids is 1. The first-order valence-electron chi connectivity index (χ1n) is 12.0. The number of rotatable bonds is 6. The van der Waals surface area contributed by atoms with Crippen LogP contribution in [0.25, 0.3) is 11.1 Å². The number of hydrogen-bond donors (Lipinski definition) is 2. The Labute approximate surface area is 199 Å². The zero-order chi connectivity index (χ0) is 23.8. The fourth-order valence-electron chi connectivity index (χ4n) is 5.46. The highest BCUT2D eigenvalue weighted by atomic mass is 16.5. The van der Waals surface area contributed by atoms with E-state index in [0.717, 1.165) is 0 Å². The predicted molar refractivity (Wildman–Crippen MR) is 126 cm³/mol. The molecule has 1 heterocycles. The first kappa shape index (κ1) is 22.4. The Morgan fingerprint density at radius 2 is 1.68 bits per heavy atom. The van der Waals surface area contributed by atoms with Gasteiger partial charge in [-0.1, -0.05) is 55.5 Å². The molecule has 34 heavy (non-hydrogen) atoms. The molecule has 7 nitrogen and oxygen atoms in total. The highest BCUT2D eigenvalue weighted by molar-refractivity contribution is 5.83. The van der Waals surface area contributed by atoms with Crippen LogP contribution in [0.2, 0.25) is 0 Å². The van der Waals surface area contributed by atoms with Crippen molar-refractivity contribution in [2.75, 3.05) is 26.2 Å². The molecule has 2 fully saturated rings. The number of ether oxygens (including phenoxy) is 1. The van der Waals surface area contributed by atoms with E-state index in [1.807, 2.05) is 31.2 Å². The Morgan fingerprint density at radius 3 is 2.32 bits per heavy atom. The molecule has 2 aliphatic carbocycles. The van der Waals surface area contributed by atoms with Crippen molar-refractivity contribution in [2.24, 2.45) is 23.7 Å². The Kier molecular flexibility index (Phi) is 6.02. The Morgan fingerprint density at radius 1 is 1.03 bits per heavy atom. The zero-order valence-electron chi connectivity index (χ0n) is 19.3. The summed E-state index contributed by atoms with van der Waals surface area (Å²) in [7, 11) is 0. The SMILES string of the molecule is CC1CCN(C(=O)[C@@H]2C[C@@H]2CNC(=O)OCC2c3ccccc3-c3ccccc32)CC1C(=O)O. The summed E-state index contributed by atoms with van der Waals surface area (Å²) in [5, 5.41) is 12.2. The van der Waals surface area contributed by atoms with Gasteiger partial charge in [0.25, 0.3) is 0 Å². The zero-order valence-corrected chi connectivity index (χ0v) is 19.3. The maximum absolute atomic E-state index is 12.8. The van der Waals surface area contributed by atoms with E-state index in [4.69, 9.17) is 4.74 Å². The molecule has 2 aromatic carbocycles. The van der Waals surface area contributed by atoms with Gasteiger partial charge in [-0.15, -0.1) is 0 Å². The maximum atomic E-state index is 12.8. The molecule has 2 amide bonds. The second kappa shape index (κ2) is 9.12. The molecule has 5 rings (SSSR count). The third-order valence-electron chi connectivity index (χ3n) is 7.68. The average Bonchev–Trinajstić information content (AvgIpc) is 3.56. The summed E-state index contributed by atoms with van der Waals surface area (Å²) in [5.74, 6) is -1.31. The first-order valence-corrected chi connectivity index (χ1v) is 12.0. The Hall–Kier alpha value is -3.35. The van der Waals surface area contributed by atoms with Crippen LogP contribution in [-0.2, 0) is 14.3 Å². The normalized spacial score (nSPS) is 25.3. The lowest BCUT2D eigenvalue weighted by Crippen LogP contribution is -2.46. The summed E-state index contributed by atoms with van der Waals surface area (Å²) in [4.78, 5) is 38.4. The quantitative estimate of drug-likeness (QED) is 0.682. The molecule has 3 aliphatic rings. The fourth-order valence-corrected chi connectivity index (χ4v) is 5.46. The Bertz CT molecular complexity index is 1070. The summed E-state index contributed by atoms with van der Waals surface area (Å²) in [6, 6.07) is 16.4. The largest absolute Gasteiger partial charge is 0.481 e. The van der Waals surface area contributed by atoms with Crippen LogP contribution in [0.4, 0.5) is 4.79 Å². The number of hydrogen-bond acceptors (Lipinski definition) is 4. The predicted octanol–water partition coefficient (Wildman–Crippen LogP) is 3.73. The smallest absolute Gasteiger partial charge is 0.407 e.